The number of carbonyl (C=O) groups is 2. The van der Waals surface area contributed by atoms with Gasteiger partial charge in [-0.1, -0.05) is 25.7 Å². The highest BCUT2D eigenvalue weighted by atomic mass is 32.1. The molecule has 0 aromatic rings. The Morgan fingerprint density at radius 3 is 1.86 bits per heavy atom. The average Bonchev–Trinajstić information content (AvgIpc) is 2.42. The molecule has 6 nitrogen and oxygen atoms in total. The van der Waals surface area contributed by atoms with Gasteiger partial charge in [-0.25, -0.2) is 0 Å². The van der Waals surface area contributed by atoms with Crippen molar-refractivity contribution in [1.82, 2.24) is 0 Å². The van der Waals surface area contributed by atoms with Crippen LogP contribution in [-0.4, -0.2) is 50.3 Å². The van der Waals surface area contributed by atoms with E-state index in [1.807, 2.05) is 0 Å². The lowest BCUT2D eigenvalue weighted by Crippen LogP contribution is -2.44. The number of aliphatic hydroxyl groups is 2. The van der Waals surface area contributed by atoms with Gasteiger partial charge in [0.2, 0.25) is 0 Å². The summed E-state index contributed by atoms with van der Waals surface area (Å²) >= 11 is 4.18. The molecule has 0 radical (unpaired) electrons. The fraction of sp³-hybridized carbons (Fsp3) is 0.857. The Bertz CT molecular complexity index is 323. The molecule has 0 rings (SSSR count). The van der Waals surface area contributed by atoms with E-state index in [1.165, 1.54) is 0 Å². The number of rotatable bonds is 13. The minimum absolute atomic E-state index is 0.0379. The topological polar surface area (TPSA) is 115 Å². The second-order valence-electron chi connectivity index (χ2n) is 5.23. The SMILES string of the molecule is O=C(O)C(CCCCCO)C(S)(CCCCCO)C(=O)O. The van der Waals surface area contributed by atoms with E-state index < -0.39 is 22.6 Å². The first-order chi connectivity index (χ1) is 9.90. The van der Waals surface area contributed by atoms with Crippen LogP contribution in [0.25, 0.3) is 0 Å². The molecular weight excluding hydrogens is 296 g/mol. The first-order valence-corrected chi connectivity index (χ1v) is 7.75. The maximum Gasteiger partial charge on any atom is 0.320 e. The van der Waals surface area contributed by atoms with Gasteiger partial charge in [0.05, 0.1) is 5.92 Å². The van der Waals surface area contributed by atoms with Crippen molar-refractivity contribution in [2.24, 2.45) is 5.92 Å². The summed E-state index contributed by atoms with van der Waals surface area (Å²) in [7, 11) is 0. The van der Waals surface area contributed by atoms with E-state index in [4.69, 9.17) is 10.2 Å². The molecule has 7 heteroatoms. The second-order valence-corrected chi connectivity index (χ2v) is 6.03. The number of carboxylic acids is 2. The Hall–Kier alpha value is -0.790. The van der Waals surface area contributed by atoms with E-state index >= 15 is 0 Å². The minimum atomic E-state index is -1.60. The van der Waals surface area contributed by atoms with Gasteiger partial charge in [0.25, 0.3) is 0 Å². The molecule has 0 aliphatic heterocycles. The summed E-state index contributed by atoms with van der Waals surface area (Å²) in [6.07, 6.45) is 3.89. The molecule has 0 spiro atoms. The fourth-order valence-corrected chi connectivity index (χ4v) is 2.71. The molecule has 21 heavy (non-hydrogen) atoms. The van der Waals surface area contributed by atoms with Crippen LogP contribution >= 0.6 is 12.6 Å². The van der Waals surface area contributed by atoms with Crippen molar-refractivity contribution in [3.8, 4) is 0 Å². The monoisotopic (exact) mass is 322 g/mol. The van der Waals surface area contributed by atoms with Gasteiger partial charge in [-0.15, -0.1) is 0 Å². The van der Waals surface area contributed by atoms with Gasteiger partial charge >= 0.3 is 11.9 Å². The number of aliphatic hydroxyl groups excluding tert-OH is 2. The quantitative estimate of drug-likeness (QED) is 0.259. The normalized spacial score (nSPS) is 15.4. The van der Waals surface area contributed by atoms with Crippen LogP contribution in [0.15, 0.2) is 0 Å². The number of hydrogen-bond acceptors (Lipinski definition) is 5. The van der Waals surface area contributed by atoms with Crippen molar-refractivity contribution in [3.05, 3.63) is 0 Å². The van der Waals surface area contributed by atoms with Crippen LogP contribution in [0, 0.1) is 5.92 Å². The number of thiol groups is 1. The molecule has 0 aromatic carbocycles. The predicted octanol–water partition coefficient (Wildman–Crippen LogP) is 1.55. The van der Waals surface area contributed by atoms with Crippen molar-refractivity contribution in [2.45, 2.75) is 56.1 Å². The zero-order valence-electron chi connectivity index (χ0n) is 12.2. The van der Waals surface area contributed by atoms with Gasteiger partial charge in [0.15, 0.2) is 0 Å². The Labute approximate surface area is 130 Å². The molecule has 0 aliphatic carbocycles. The summed E-state index contributed by atoms with van der Waals surface area (Å²) in [5.41, 5.74) is 0. The smallest absolute Gasteiger partial charge is 0.320 e. The molecule has 0 aromatic heterocycles. The van der Waals surface area contributed by atoms with E-state index in [-0.39, 0.29) is 26.1 Å². The highest BCUT2D eigenvalue weighted by molar-refractivity contribution is 7.82. The van der Waals surface area contributed by atoms with Crippen LogP contribution < -0.4 is 0 Å². The van der Waals surface area contributed by atoms with Crippen molar-refractivity contribution in [1.29, 1.82) is 0 Å². The molecule has 0 saturated carbocycles. The first kappa shape index (κ1) is 20.2. The van der Waals surface area contributed by atoms with Gasteiger partial charge in [-0.05, 0) is 25.7 Å². The highest BCUT2D eigenvalue weighted by Gasteiger charge is 2.45. The number of aliphatic carboxylic acids is 2. The molecule has 0 amide bonds. The van der Waals surface area contributed by atoms with E-state index in [1.54, 1.807) is 0 Å². The molecule has 124 valence electrons. The number of carboxylic acid groups (broad SMARTS) is 2. The summed E-state index contributed by atoms with van der Waals surface area (Å²) in [6, 6.07) is 0. The zero-order valence-corrected chi connectivity index (χ0v) is 13.1. The molecule has 0 fully saturated rings. The van der Waals surface area contributed by atoms with Crippen LogP contribution in [-0.2, 0) is 9.59 Å². The maximum atomic E-state index is 11.5. The zero-order chi connectivity index (χ0) is 16.3. The van der Waals surface area contributed by atoms with Crippen LogP contribution in [0.2, 0.25) is 0 Å². The van der Waals surface area contributed by atoms with Crippen molar-refractivity contribution < 1.29 is 30.0 Å². The summed E-state index contributed by atoms with van der Waals surface area (Å²) in [4.78, 5) is 22.9. The average molecular weight is 322 g/mol. The third-order valence-corrected chi connectivity index (χ3v) is 4.34. The lowest BCUT2D eigenvalue weighted by molar-refractivity contribution is -0.152. The molecule has 4 N–H and O–H groups in total. The Morgan fingerprint density at radius 1 is 0.905 bits per heavy atom. The summed E-state index contributed by atoms with van der Waals surface area (Å²) in [6.45, 7) is 0.0833. The van der Waals surface area contributed by atoms with Gasteiger partial charge in [-0.2, -0.15) is 12.6 Å². The summed E-state index contributed by atoms with van der Waals surface area (Å²) in [5, 5.41) is 36.1. The molecule has 0 saturated heterocycles. The van der Waals surface area contributed by atoms with Gasteiger partial charge in [-0.3, -0.25) is 9.59 Å². The Balaban J connectivity index is 4.72. The van der Waals surface area contributed by atoms with Crippen molar-refractivity contribution in [3.63, 3.8) is 0 Å². The Kier molecular flexibility index (Phi) is 10.5. The van der Waals surface area contributed by atoms with Crippen LogP contribution in [0.4, 0.5) is 0 Å². The van der Waals surface area contributed by atoms with Crippen LogP contribution in [0.1, 0.15) is 51.4 Å². The van der Waals surface area contributed by atoms with E-state index in [0.717, 1.165) is 0 Å². The lowest BCUT2D eigenvalue weighted by atomic mass is 9.83. The van der Waals surface area contributed by atoms with Crippen molar-refractivity contribution >= 4 is 24.6 Å². The number of hydrogen-bond donors (Lipinski definition) is 5. The van der Waals surface area contributed by atoms with Gasteiger partial charge < -0.3 is 20.4 Å². The maximum absolute atomic E-state index is 11.5. The summed E-state index contributed by atoms with van der Waals surface area (Å²) < 4.78 is -1.60. The molecule has 0 aliphatic rings. The third-order valence-electron chi connectivity index (χ3n) is 3.61. The highest BCUT2D eigenvalue weighted by Crippen LogP contribution is 2.35. The second kappa shape index (κ2) is 10.9. The first-order valence-electron chi connectivity index (χ1n) is 7.30. The molecule has 2 atom stereocenters. The van der Waals surface area contributed by atoms with Crippen molar-refractivity contribution in [2.75, 3.05) is 13.2 Å². The summed E-state index contributed by atoms with van der Waals surface area (Å²) in [5.74, 6) is -3.44. The third kappa shape index (κ3) is 7.15. The van der Waals surface area contributed by atoms with Crippen LogP contribution in [0.3, 0.4) is 0 Å². The van der Waals surface area contributed by atoms with E-state index in [2.05, 4.69) is 12.6 Å². The van der Waals surface area contributed by atoms with Crippen LogP contribution in [0.5, 0.6) is 0 Å². The lowest BCUT2D eigenvalue weighted by Gasteiger charge is -2.30. The van der Waals surface area contributed by atoms with Gasteiger partial charge in [0.1, 0.15) is 4.75 Å². The molecule has 0 bridgehead atoms. The molecule has 2 unspecified atom stereocenters. The van der Waals surface area contributed by atoms with E-state index in [0.29, 0.717) is 38.5 Å². The van der Waals surface area contributed by atoms with E-state index in [9.17, 15) is 19.8 Å². The number of unbranched alkanes of at least 4 members (excludes halogenated alkanes) is 4. The standard InChI is InChI=1S/C14H26O6S/c15-9-5-1-3-7-11(12(17)18)14(21,13(19)20)8-4-2-6-10-16/h11,15-16,21H,1-10H2,(H,17,18)(H,19,20). The fourth-order valence-electron chi connectivity index (χ4n) is 2.32. The largest absolute Gasteiger partial charge is 0.481 e. The molecule has 0 heterocycles. The molecular formula is C14H26O6S. The van der Waals surface area contributed by atoms with Gasteiger partial charge in [0, 0.05) is 13.2 Å². The predicted molar refractivity (Wildman–Crippen MR) is 81.6 cm³/mol. The minimum Gasteiger partial charge on any atom is -0.481 e. The Morgan fingerprint density at radius 2 is 1.43 bits per heavy atom.